The number of hydrogen-bond acceptors (Lipinski definition) is 5. The number of nitro groups is 1. The first kappa shape index (κ1) is 13.6. The number of carbonyl (C=O) groups is 1. The van der Waals surface area contributed by atoms with Crippen molar-refractivity contribution in [2.45, 2.75) is 14.0 Å². The molecule has 2 rings (SSSR count). The molecule has 1 aliphatic rings. The first-order valence-corrected chi connectivity index (χ1v) is 4.61. The number of rotatable bonds is 3. The lowest BCUT2D eigenvalue weighted by Crippen LogP contribution is -2.34. The predicted octanol–water partition coefficient (Wildman–Crippen LogP) is 1.72. The molecule has 1 heterocycles. The van der Waals surface area contributed by atoms with Crippen molar-refractivity contribution in [3.05, 3.63) is 33.9 Å². The van der Waals surface area contributed by atoms with E-state index < -0.39 is 11.1 Å². The van der Waals surface area contributed by atoms with Crippen LogP contribution in [-0.4, -0.2) is 28.0 Å². The van der Waals surface area contributed by atoms with Gasteiger partial charge in [-0.25, -0.2) is 14.9 Å². The SMILES string of the molecule is C.O=C(O)N(Cc1ccc2c(c1)OCO2)[N+](=O)[O-]. The summed E-state index contributed by atoms with van der Waals surface area (Å²) in [4.78, 5) is 21.1. The molecule has 0 radical (unpaired) electrons. The van der Waals surface area contributed by atoms with Gasteiger partial charge < -0.3 is 14.6 Å². The van der Waals surface area contributed by atoms with Crippen LogP contribution >= 0.6 is 0 Å². The van der Waals surface area contributed by atoms with E-state index in [-0.39, 0.29) is 25.8 Å². The quantitative estimate of drug-likeness (QED) is 0.652. The van der Waals surface area contributed by atoms with Gasteiger partial charge in [0.1, 0.15) is 6.54 Å². The summed E-state index contributed by atoms with van der Waals surface area (Å²) >= 11 is 0. The van der Waals surface area contributed by atoms with Crippen molar-refractivity contribution in [2.24, 2.45) is 0 Å². The Labute approximate surface area is 102 Å². The highest BCUT2D eigenvalue weighted by Gasteiger charge is 2.24. The first-order chi connectivity index (χ1) is 8.08. The van der Waals surface area contributed by atoms with Crippen molar-refractivity contribution in [3.8, 4) is 11.5 Å². The Bertz CT molecular complexity index is 461. The minimum atomic E-state index is -1.62. The molecule has 8 heteroatoms. The van der Waals surface area contributed by atoms with Crippen LogP contribution < -0.4 is 9.47 Å². The maximum atomic E-state index is 10.6. The monoisotopic (exact) mass is 256 g/mol. The maximum Gasteiger partial charge on any atom is 0.466 e. The van der Waals surface area contributed by atoms with E-state index in [2.05, 4.69) is 0 Å². The van der Waals surface area contributed by atoms with Gasteiger partial charge in [0.15, 0.2) is 16.5 Å². The maximum absolute atomic E-state index is 10.6. The van der Waals surface area contributed by atoms with E-state index in [0.29, 0.717) is 17.1 Å². The highest BCUT2D eigenvalue weighted by molar-refractivity contribution is 5.63. The lowest BCUT2D eigenvalue weighted by atomic mass is 10.2. The summed E-state index contributed by atoms with van der Waals surface area (Å²) in [5.74, 6) is 0.993. The summed E-state index contributed by atoms with van der Waals surface area (Å²) in [6.07, 6.45) is -1.62. The second-order valence-electron chi connectivity index (χ2n) is 3.27. The second kappa shape index (κ2) is 5.21. The average Bonchev–Trinajstić information content (AvgIpc) is 2.71. The number of hydrazine groups is 1. The van der Waals surface area contributed by atoms with Crippen LogP contribution in [0.25, 0.3) is 0 Å². The molecule has 1 aromatic carbocycles. The number of fused-ring (bicyclic) bond motifs is 1. The van der Waals surface area contributed by atoms with Crippen molar-refractivity contribution in [2.75, 3.05) is 6.79 Å². The van der Waals surface area contributed by atoms with Crippen molar-refractivity contribution < 1.29 is 24.4 Å². The smallest absolute Gasteiger partial charge is 0.461 e. The molecule has 0 bridgehead atoms. The summed E-state index contributed by atoms with van der Waals surface area (Å²) in [6, 6.07) is 4.65. The molecule has 0 spiro atoms. The molecule has 98 valence electrons. The summed E-state index contributed by atoms with van der Waals surface area (Å²) in [5.41, 5.74) is 0.452. The third kappa shape index (κ3) is 2.59. The van der Waals surface area contributed by atoms with Gasteiger partial charge in [-0.2, -0.15) is 0 Å². The van der Waals surface area contributed by atoms with Crippen LogP contribution in [0.5, 0.6) is 11.5 Å². The summed E-state index contributed by atoms with van der Waals surface area (Å²) < 4.78 is 10.2. The fourth-order valence-electron chi connectivity index (χ4n) is 1.41. The normalized spacial score (nSPS) is 11.6. The van der Waals surface area contributed by atoms with Crippen LogP contribution in [0.3, 0.4) is 0 Å². The van der Waals surface area contributed by atoms with E-state index >= 15 is 0 Å². The van der Waals surface area contributed by atoms with Gasteiger partial charge in [-0.05, 0) is 22.7 Å². The highest BCUT2D eigenvalue weighted by atomic mass is 16.7. The minimum absolute atomic E-state index is 0. The van der Waals surface area contributed by atoms with Crippen molar-refractivity contribution in [1.82, 2.24) is 5.01 Å². The topological polar surface area (TPSA) is 102 Å². The Morgan fingerprint density at radius 3 is 2.72 bits per heavy atom. The molecular formula is C10H12N2O6. The first-order valence-electron chi connectivity index (χ1n) is 4.61. The average molecular weight is 256 g/mol. The number of hydrogen-bond donors (Lipinski definition) is 1. The molecule has 18 heavy (non-hydrogen) atoms. The minimum Gasteiger partial charge on any atom is -0.461 e. The third-order valence-electron chi connectivity index (χ3n) is 2.19. The van der Waals surface area contributed by atoms with Gasteiger partial charge in [-0.15, -0.1) is 0 Å². The molecule has 8 nitrogen and oxygen atoms in total. The number of benzene rings is 1. The standard InChI is InChI=1S/C9H8N2O6.CH4/c12-9(13)10(11(14)15)4-6-1-2-7-8(3-6)17-5-16-7;/h1-3H,4-5H2,(H,12,13);1H4. The third-order valence-corrected chi connectivity index (χ3v) is 2.19. The Morgan fingerprint density at radius 2 is 2.11 bits per heavy atom. The Morgan fingerprint density at radius 1 is 1.44 bits per heavy atom. The molecule has 0 aromatic heterocycles. The summed E-state index contributed by atoms with van der Waals surface area (Å²) in [7, 11) is 0. The van der Waals surface area contributed by atoms with Crippen molar-refractivity contribution >= 4 is 6.09 Å². The van der Waals surface area contributed by atoms with Gasteiger partial charge in [0.25, 0.3) is 0 Å². The van der Waals surface area contributed by atoms with E-state index in [9.17, 15) is 14.9 Å². The zero-order valence-electron chi connectivity index (χ0n) is 8.53. The largest absolute Gasteiger partial charge is 0.466 e. The molecule has 1 aliphatic heterocycles. The van der Waals surface area contributed by atoms with Crippen molar-refractivity contribution in [1.29, 1.82) is 0 Å². The van der Waals surface area contributed by atoms with Crippen LogP contribution in [-0.2, 0) is 6.54 Å². The zero-order chi connectivity index (χ0) is 12.4. The highest BCUT2D eigenvalue weighted by Crippen LogP contribution is 2.32. The zero-order valence-corrected chi connectivity index (χ0v) is 8.53. The molecule has 1 amide bonds. The molecule has 1 aromatic rings. The number of carboxylic acid groups (broad SMARTS) is 1. The van der Waals surface area contributed by atoms with Gasteiger partial charge in [0.05, 0.1) is 0 Å². The van der Waals surface area contributed by atoms with Crippen molar-refractivity contribution in [3.63, 3.8) is 0 Å². The molecular weight excluding hydrogens is 244 g/mol. The van der Waals surface area contributed by atoms with Gasteiger partial charge in [-0.1, -0.05) is 13.5 Å². The molecule has 0 saturated carbocycles. The molecule has 1 N–H and O–H groups in total. The summed E-state index contributed by atoms with van der Waals surface area (Å²) in [5, 5.41) is 18.2. The lowest BCUT2D eigenvalue weighted by Gasteiger charge is -2.08. The van der Waals surface area contributed by atoms with E-state index in [4.69, 9.17) is 14.6 Å². The fourth-order valence-corrected chi connectivity index (χ4v) is 1.41. The van der Waals surface area contributed by atoms with Gasteiger partial charge >= 0.3 is 6.09 Å². The Hall–Kier alpha value is -2.51. The molecule has 0 atom stereocenters. The second-order valence-corrected chi connectivity index (χ2v) is 3.27. The number of ether oxygens (including phenoxy) is 2. The van der Waals surface area contributed by atoms with E-state index in [1.165, 1.54) is 6.07 Å². The lowest BCUT2D eigenvalue weighted by molar-refractivity contribution is -0.638. The molecule has 0 saturated heterocycles. The van der Waals surface area contributed by atoms with Crippen LogP contribution in [0.15, 0.2) is 18.2 Å². The van der Waals surface area contributed by atoms with Gasteiger partial charge in [-0.3, -0.25) is 0 Å². The number of nitrogens with zero attached hydrogens (tertiary/aromatic N) is 2. The predicted molar refractivity (Wildman–Crippen MR) is 59.9 cm³/mol. The number of amides is 1. The fraction of sp³-hybridized carbons (Fsp3) is 0.300. The molecule has 0 fully saturated rings. The van der Waals surface area contributed by atoms with Crippen LogP contribution in [0.4, 0.5) is 4.79 Å². The van der Waals surface area contributed by atoms with E-state index in [1.54, 1.807) is 12.1 Å². The Balaban J connectivity index is 0.00000162. The Kier molecular flexibility index (Phi) is 3.93. The van der Waals surface area contributed by atoms with Gasteiger partial charge in [0, 0.05) is 0 Å². The van der Waals surface area contributed by atoms with Crippen LogP contribution in [0, 0.1) is 10.1 Å². The molecule has 0 aliphatic carbocycles. The van der Waals surface area contributed by atoms with E-state index in [1.807, 2.05) is 0 Å². The van der Waals surface area contributed by atoms with Crippen LogP contribution in [0.2, 0.25) is 0 Å². The van der Waals surface area contributed by atoms with Crippen LogP contribution in [0.1, 0.15) is 13.0 Å². The summed E-state index contributed by atoms with van der Waals surface area (Å²) in [6.45, 7) is -0.254. The van der Waals surface area contributed by atoms with E-state index in [0.717, 1.165) is 0 Å². The molecule has 0 unspecified atom stereocenters. The van der Waals surface area contributed by atoms with Gasteiger partial charge in [0.2, 0.25) is 6.79 Å².